The molecule has 1 aromatic carbocycles. The second-order valence-corrected chi connectivity index (χ2v) is 7.78. The van der Waals surface area contributed by atoms with Crippen LogP contribution in [0.1, 0.15) is 44.2 Å². The molecular formula is C19H26N2O2S. The molecule has 0 spiro atoms. The highest BCUT2D eigenvalue weighted by atomic mass is 32.2. The van der Waals surface area contributed by atoms with E-state index in [2.05, 4.69) is 35.8 Å². The van der Waals surface area contributed by atoms with Gasteiger partial charge in [-0.2, -0.15) is 0 Å². The highest BCUT2D eigenvalue weighted by Crippen LogP contribution is 2.32. The first-order chi connectivity index (χ1) is 11.6. The maximum absolute atomic E-state index is 12.6. The first kappa shape index (κ1) is 17.3. The number of amides is 2. The Kier molecular flexibility index (Phi) is 5.49. The summed E-state index contributed by atoms with van der Waals surface area (Å²) in [6.45, 7) is 3.41. The smallest absolute Gasteiger partial charge is 0.225 e. The third kappa shape index (κ3) is 4.12. The number of hydrogen-bond acceptors (Lipinski definition) is 3. The van der Waals surface area contributed by atoms with E-state index in [1.54, 1.807) is 11.8 Å². The Morgan fingerprint density at radius 1 is 1.17 bits per heavy atom. The van der Waals surface area contributed by atoms with Gasteiger partial charge in [-0.1, -0.05) is 12.1 Å². The molecule has 1 aliphatic carbocycles. The minimum absolute atomic E-state index is 0.0112. The fourth-order valence-electron chi connectivity index (χ4n) is 3.29. The van der Waals surface area contributed by atoms with Gasteiger partial charge in [-0.15, -0.1) is 11.8 Å². The molecule has 0 radical (unpaired) electrons. The lowest BCUT2D eigenvalue weighted by atomic mass is 9.96. The molecule has 130 valence electrons. The maximum Gasteiger partial charge on any atom is 0.225 e. The highest BCUT2D eigenvalue weighted by Gasteiger charge is 2.36. The van der Waals surface area contributed by atoms with Crippen molar-refractivity contribution in [3.8, 4) is 0 Å². The van der Waals surface area contributed by atoms with E-state index < -0.39 is 0 Å². The van der Waals surface area contributed by atoms with E-state index in [9.17, 15) is 9.59 Å². The molecule has 0 aromatic heterocycles. The number of rotatable bonds is 5. The number of likely N-dealkylation sites (tertiary alicyclic amines) is 1. The van der Waals surface area contributed by atoms with Crippen LogP contribution < -0.4 is 5.32 Å². The Hall–Kier alpha value is -1.49. The summed E-state index contributed by atoms with van der Waals surface area (Å²) in [4.78, 5) is 28.0. The molecule has 4 nitrogen and oxygen atoms in total. The van der Waals surface area contributed by atoms with Crippen molar-refractivity contribution in [3.05, 3.63) is 29.8 Å². The van der Waals surface area contributed by atoms with Crippen LogP contribution in [0, 0.1) is 11.8 Å². The highest BCUT2D eigenvalue weighted by molar-refractivity contribution is 7.98. The minimum Gasteiger partial charge on any atom is -0.349 e. The van der Waals surface area contributed by atoms with Crippen molar-refractivity contribution in [2.75, 3.05) is 19.3 Å². The third-order valence-corrected chi connectivity index (χ3v) is 5.75. The standard InChI is InChI=1S/C19H26N2O2S/c1-13(14-7-9-17(24-2)10-8-14)20-18(22)16-4-3-11-21(12-16)19(23)15-5-6-15/h7-10,13,15-16H,3-6,11-12H2,1-2H3,(H,20,22)/t13-,16-/m1/s1. The van der Waals surface area contributed by atoms with Crippen LogP contribution in [0.4, 0.5) is 0 Å². The molecule has 1 saturated heterocycles. The van der Waals surface area contributed by atoms with E-state index in [0.717, 1.165) is 37.8 Å². The molecule has 1 heterocycles. The van der Waals surface area contributed by atoms with Crippen LogP contribution in [0.25, 0.3) is 0 Å². The molecule has 5 heteroatoms. The van der Waals surface area contributed by atoms with Crippen LogP contribution in [0.15, 0.2) is 29.2 Å². The number of benzene rings is 1. The molecule has 3 rings (SSSR count). The van der Waals surface area contributed by atoms with Crippen LogP contribution in [0.2, 0.25) is 0 Å². The van der Waals surface area contributed by atoms with Crippen molar-refractivity contribution >= 4 is 23.6 Å². The predicted molar refractivity (Wildman–Crippen MR) is 96.8 cm³/mol. The molecule has 24 heavy (non-hydrogen) atoms. The van der Waals surface area contributed by atoms with Crippen LogP contribution in [-0.4, -0.2) is 36.1 Å². The Balaban J connectivity index is 1.55. The maximum atomic E-state index is 12.6. The zero-order chi connectivity index (χ0) is 17.1. The molecule has 1 aromatic rings. The zero-order valence-corrected chi connectivity index (χ0v) is 15.3. The molecular weight excluding hydrogens is 320 g/mol. The summed E-state index contributed by atoms with van der Waals surface area (Å²) in [6, 6.07) is 8.29. The molecule has 1 N–H and O–H groups in total. The topological polar surface area (TPSA) is 49.4 Å². The Morgan fingerprint density at radius 2 is 1.88 bits per heavy atom. The summed E-state index contributed by atoms with van der Waals surface area (Å²) < 4.78 is 0. The van der Waals surface area contributed by atoms with Crippen LogP contribution >= 0.6 is 11.8 Å². The van der Waals surface area contributed by atoms with Gasteiger partial charge in [0.05, 0.1) is 12.0 Å². The van der Waals surface area contributed by atoms with Gasteiger partial charge >= 0.3 is 0 Å². The summed E-state index contributed by atoms with van der Waals surface area (Å²) in [5.41, 5.74) is 1.11. The number of carbonyl (C=O) groups is 2. The van der Waals surface area contributed by atoms with Gasteiger partial charge in [0.25, 0.3) is 0 Å². The van der Waals surface area contributed by atoms with Gasteiger partial charge < -0.3 is 10.2 Å². The zero-order valence-electron chi connectivity index (χ0n) is 14.5. The first-order valence-electron chi connectivity index (χ1n) is 8.81. The molecule has 2 atom stereocenters. The fourth-order valence-corrected chi connectivity index (χ4v) is 3.70. The quantitative estimate of drug-likeness (QED) is 0.833. The summed E-state index contributed by atoms with van der Waals surface area (Å²) in [5.74, 6) is 0.494. The lowest BCUT2D eigenvalue weighted by Gasteiger charge is -2.32. The van der Waals surface area contributed by atoms with Crippen LogP contribution in [0.5, 0.6) is 0 Å². The van der Waals surface area contributed by atoms with Crippen molar-refractivity contribution in [1.82, 2.24) is 10.2 Å². The van der Waals surface area contributed by atoms with Gasteiger partial charge in [0.1, 0.15) is 0 Å². The number of carbonyl (C=O) groups excluding carboxylic acids is 2. The van der Waals surface area contributed by atoms with Crippen molar-refractivity contribution in [1.29, 1.82) is 0 Å². The third-order valence-electron chi connectivity index (χ3n) is 5.01. The van der Waals surface area contributed by atoms with Gasteiger partial charge in [0.15, 0.2) is 0 Å². The summed E-state index contributed by atoms with van der Waals surface area (Å²) in [6.07, 6.45) is 5.90. The molecule has 1 saturated carbocycles. The first-order valence-corrected chi connectivity index (χ1v) is 10.0. The minimum atomic E-state index is -0.0747. The van der Waals surface area contributed by atoms with E-state index >= 15 is 0 Å². The molecule has 0 bridgehead atoms. The SMILES string of the molecule is CSc1ccc([C@@H](C)NC(=O)[C@@H]2CCCN(C(=O)C3CC3)C2)cc1. The summed E-state index contributed by atoms with van der Waals surface area (Å²) in [7, 11) is 0. The lowest BCUT2D eigenvalue weighted by Crippen LogP contribution is -2.46. The number of nitrogens with zero attached hydrogens (tertiary/aromatic N) is 1. The van der Waals surface area contributed by atoms with Gasteiger partial charge in [0, 0.05) is 23.9 Å². The van der Waals surface area contributed by atoms with Gasteiger partial charge in [-0.3, -0.25) is 9.59 Å². The molecule has 2 aliphatic rings. The second-order valence-electron chi connectivity index (χ2n) is 6.90. The van der Waals surface area contributed by atoms with Crippen LogP contribution in [0.3, 0.4) is 0 Å². The Labute approximate surface area is 148 Å². The number of nitrogens with one attached hydrogen (secondary N) is 1. The van der Waals surface area contributed by atoms with Gasteiger partial charge in [-0.25, -0.2) is 0 Å². The van der Waals surface area contributed by atoms with Crippen molar-refractivity contribution < 1.29 is 9.59 Å². The van der Waals surface area contributed by atoms with Crippen molar-refractivity contribution in [2.24, 2.45) is 11.8 Å². The Morgan fingerprint density at radius 3 is 2.50 bits per heavy atom. The Bertz CT molecular complexity index is 598. The largest absolute Gasteiger partial charge is 0.349 e. The molecule has 1 aliphatic heterocycles. The van der Waals surface area contributed by atoms with E-state index in [0.29, 0.717) is 6.54 Å². The van der Waals surface area contributed by atoms with E-state index in [4.69, 9.17) is 0 Å². The predicted octanol–water partition coefficient (Wildman–Crippen LogP) is 3.23. The van der Waals surface area contributed by atoms with Gasteiger partial charge in [0.2, 0.25) is 11.8 Å². The van der Waals surface area contributed by atoms with Crippen molar-refractivity contribution in [2.45, 2.75) is 43.5 Å². The second kappa shape index (κ2) is 7.60. The number of thioether (sulfide) groups is 1. The molecule has 2 fully saturated rings. The van der Waals surface area contributed by atoms with Crippen LogP contribution in [-0.2, 0) is 9.59 Å². The summed E-state index contributed by atoms with van der Waals surface area (Å²) >= 11 is 1.71. The average molecular weight is 346 g/mol. The van der Waals surface area contributed by atoms with E-state index in [1.807, 2.05) is 11.8 Å². The molecule has 2 amide bonds. The number of hydrogen-bond donors (Lipinski definition) is 1. The lowest BCUT2D eigenvalue weighted by molar-refractivity contribution is -0.137. The van der Waals surface area contributed by atoms with E-state index in [1.165, 1.54) is 4.90 Å². The van der Waals surface area contributed by atoms with Crippen molar-refractivity contribution in [3.63, 3.8) is 0 Å². The normalized spacial score (nSPS) is 22.1. The monoisotopic (exact) mass is 346 g/mol. The van der Waals surface area contributed by atoms with Gasteiger partial charge in [-0.05, 0) is 56.6 Å². The average Bonchev–Trinajstić information content (AvgIpc) is 3.46. The fraction of sp³-hybridized carbons (Fsp3) is 0.579. The molecule has 0 unspecified atom stereocenters. The van der Waals surface area contributed by atoms with E-state index in [-0.39, 0.29) is 29.7 Å². The summed E-state index contributed by atoms with van der Waals surface area (Å²) in [5, 5.41) is 3.12. The number of piperidine rings is 1.